The normalized spacial score (nSPS) is 18.6. The zero-order valence-corrected chi connectivity index (χ0v) is 12.5. The van der Waals surface area contributed by atoms with E-state index < -0.39 is 10.0 Å². The Kier molecular flexibility index (Phi) is 4.84. The van der Waals surface area contributed by atoms with Crippen LogP contribution in [-0.2, 0) is 20.5 Å². The number of ether oxygens (including phenoxy) is 1. The van der Waals surface area contributed by atoms with Gasteiger partial charge in [0.25, 0.3) is 0 Å². The van der Waals surface area contributed by atoms with Gasteiger partial charge in [-0.3, -0.25) is 0 Å². The second kappa shape index (κ2) is 6.22. The van der Waals surface area contributed by atoms with Gasteiger partial charge in [-0.1, -0.05) is 29.8 Å². The fraction of sp³-hybridized carbons (Fsp3) is 0.538. The van der Waals surface area contributed by atoms with E-state index in [2.05, 4.69) is 0 Å². The average molecular weight is 304 g/mol. The van der Waals surface area contributed by atoms with Crippen LogP contribution in [0.5, 0.6) is 0 Å². The van der Waals surface area contributed by atoms with E-state index in [4.69, 9.17) is 16.3 Å². The summed E-state index contributed by atoms with van der Waals surface area (Å²) in [6, 6.07) is 7.06. The van der Waals surface area contributed by atoms with Gasteiger partial charge in [-0.25, -0.2) is 12.7 Å². The van der Waals surface area contributed by atoms with Crippen molar-refractivity contribution in [2.75, 3.05) is 20.2 Å². The van der Waals surface area contributed by atoms with Gasteiger partial charge in [0.15, 0.2) is 0 Å². The number of methoxy groups -OCH3 is 1. The van der Waals surface area contributed by atoms with Gasteiger partial charge in [0.05, 0.1) is 11.9 Å². The van der Waals surface area contributed by atoms with Crippen LogP contribution in [0, 0.1) is 0 Å². The lowest BCUT2D eigenvalue weighted by molar-refractivity contribution is 0.0604. The summed E-state index contributed by atoms with van der Waals surface area (Å²) in [5.41, 5.74) is 0.651. The molecule has 0 bridgehead atoms. The molecule has 0 spiro atoms. The molecule has 0 amide bonds. The summed E-state index contributed by atoms with van der Waals surface area (Å²) in [5, 5.41) is 0.498. The van der Waals surface area contributed by atoms with Crippen LogP contribution in [0.2, 0.25) is 5.02 Å². The van der Waals surface area contributed by atoms with E-state index in [-0.39, 0.29) is 11.9 Å². The molecular formula is C13H18ClNO3S. The van der Waals surface area contributed by atoms with E-state index >= 15 is 0 Å². The van der Waals surface area contributed by atoms with Gasteiger partial charge in [0, 0.05) is 25.2 Å². The van der Waals surface area contributed by atoms with Crippen LogP contribution in [0.1, 0.15) is 18.4 Å². The maximum absolute atomic E-state index is 12.3. The summed E-state index contributed by atoms with van der Waals surface area (Å²) in [6.45, 7) is 1.04. The molecule has 19 heavy (non-hydrogen) atoms. The summed E-state index contributed by atoms with van der Waals surface area (Å²) in [4.78, 5) is 0. The molecular weight excluding hydrogens is 286 g/mol. The van der Waals surface area contributed by atoms with Crippen LogP contribution in [0.4, 0.5) is 0 Å². The second-order valence-electron chi connectivity index (χ2n) is 4.68. The molecule has 0 atom stereocenters. The Labute approximate surface area is 119 Å². The first-order valence-electron chi connectivity index (χ1n) is 6.27. The van der Waals surface area contributed by atoms with Crippen molar-refractivity contribution < 1.29 is 13.2 Å². The first-order valence-corrected chi connectivity index (χ1v) is 8.25. The van der Waals surface area contributed by atoms with Crippen molar-refractivity contribution in [3.05, 3.63) is 34.9 Å². The highest BCUT2D eigenvalue weighted by atomic mass is 35.5. The molecule has 1 heterocycles. The highest BCUT2D eigenvalue weighted by Crippen LogP contribution is 2.22. The van der Waals surface area contributed by atoms with E-state index in [0.29, 0.717) is 23.7 Å². The van der Waals surface area contributed by atoms with Gasteiger partial charge < -0.3 is 4.74 Å². The monoisotopic (exact) mass is 303 g/mol. The first kappa shape index (κ1) is 14.8. The van der Waals surface area contributed by atoms with Crippen LogP contribution in [-0.4, -0.2) is 39.0 Å². The molecule has 0 radical (unpaired) electrons. The lowest BCUT2D eigenvalue weighted by Crippen LogP contribution is -2.41. The lowest BCUT2D eigenvalue weighted by Gasteiger charge is -2.30. The van der Waals surface area contributed by atoms with Crippen molar-refractivity contribution in [2.45, 2.75) is 24.7 Å². The first-order chi connectivity index (χ1) is 9.03. The third-order valence-corrected chi connectivity index (χ3v) is 5.62. The maximum Gasteiger partial charge on any atom is 0.218 e. The molecule has 0 aliphatic carbocycles. The molecule has 1 aliphatic heterocycles. The zero-order valence-electron chi connectivity index (χ0n) is 10.9. The van der Waals surface area contributed by atoms with E-state index in [1.54, 1.807) is 31.4 Å². The van der Waals surface area contributed by atoms with Gasteiger partial charge >= 0.3 is 0 Å². The van der Waals surface area contributed by atoms with Gasteiger partial charge in [-0.15, -0.1) is 0 Å². The van der Waals surface area contributed by atoms with E-state index in [9.17, 15) is 8.42 Å². The number of rotatable bonds is 4. The minimum absolute atomic E-state index is 0.0374. The fourth-order valence-electron chi connectivity index (χ4n) is 2.25. The summed E-state index contributed by atoms with van der Waals surface area (Å²) in [5.74, 6) is -0.0374. The molecule has 1 aromatic carbocycles. The lowest BCUT2D eigenvalue weighted by atomic mass is 10.1. The van der Waals surface area contributed by atoms with Crippen LogP contribution < -0.4 is 0 Å². The molecule has 1 fully saturated rings. The van der Waals surface area contributed by atoms with Crippen molar-refractivity contribution in [3.8, 4) is 0 Å². The van der Waals surface area contributed by atoms with Crippen LogP contribution in [0.15, 0.2) is 24.3 Å². The highest BCUT2D eigenvalue weighted by Gasteiger charge is 2.28. The number of benzene rings is 1. The number of hydrogen-bond acceptors (Lipinski definition) is 3. The minimum Gasteiger partial charge on any atom is -0.381 e. The van der Waals surface area contributed by atoms with E-state index in [1.807, 2.05) is 0 Å². The van der Waals surface area contributed by atoms with Gasteiger partial charge in [0.1, 0.15) is 0 Å². The van der Waals surface area contributed by atoms with Gasteiger partial charge in [-0.05, 0) is 24.5 Å². The Bertz CT molecular complexity index is 524. The van der Waals surface area contributed by atoms with Crippen molar-refractivity contribution in [3.63, 3.8) is 0 Å². The van der Waals surface area contributed by atoms with Crippen LogP contribution in [0.25, 0.3) is 0 Å². The highest BCUT2D eigenvalue weighted by molar-refractivity contribution is 7.88. The number of halogens is 1. The Morgan fingerprint density at radius 2 is 1.95 bits per heavy atom. The molecule has 0 saturated carbocycles. The van der Waals surface area contributed by atoms with Crippen molar-refractivity contribution in [1.82, 2.24) is 4.31 Å². The predicted octanol–water partition coefficient (Wildman–Crippen LogP) is 2.28. The topological polar surface area (TPSA) is 46.6 Å². The standard InChI is InChI=1S/C13H18ClNO3S/c1-18-12-6-8-15(9-7-12)19(16,17)10-11-4-2-3-5-13(11)14/h2-5,12H,6-10H2,1H3. The smallest absolute Gasteiger partial charge is 0.218 e. The molecule has 0 N–H and O–H groups in total. The van der Waals surface area contributed by atoms with Crippen molar-refractivity contribution >= 4 is 21.6 Å². The minimum atomic E-state index is -3.30. The second-order valence-corrected chi connectivity index (χ2v) is 7.06. The Balaban J connectivity index is 2.05. The Morgan fingerprint density at radius 3 is 2.53 bits per heavy atom. The maximum atomic E-state index is 12.3. The molecule has 6 heteroatoms. The molecule has 0 aromatic heterocycles. The van der Waals surface area contributed by atoms with E-state index in [1.165, 1.54) is 4.31 Å². The average Bonchev–Trinajstić information content (AvgIpc) is 2.41. The summed E-state index contributed by atoms with van der Waals surface area (Å²) >= 11 is 6.01. The van der Waals surface area contributed by atoms with Crippen molar-refractivity contribution in [1.29, 1.82) is 0 Å². The number of sulfonamides is 1. The fourth-order valence-corrected chi connectivity index (χ4v) is 4.13. The predicted molar refractivity (Wildman–Crippen MR) is 75.7 cm³/mol. The van der Waals surface area contributed by atoms with Crippen LogP contribution in [0.3, 0.4) is 0 Å². The molecule has 2 rings (SSSR count). The third-order valence-electron chi connectivity index (χ3n) is 3.42. The number of piperidine rings is 1. The summed E-state index contributed by atoms with van der Waals surface area (Å²) < 4.78 is 31.4. The molecule has 1 saturated heterocycles. The summed E-state index contributed by atoms with van der Waals surface area (Å²) in [6.07, 6.45) is 1.67. The number of nitrogens with zero attached hydrogens (tertiary/aromatic N) is 1. The molecule has 4 nitrogen and oxygen atoms in total. The SMILES string of the molecule is COC1CCN(S(=O)(=O)Cc2ccccc2Cl)CC1. The van der Waals surface area contributed by atoms with Crippen molar-refractivity contribution in [2.24, 2.45) is 0 Å². The molecule has 1 aliphatic rings. The quantitative estimate of drug-likeness (QED) is 0.857. The zero-order chi connectivity index (χ0) is 13.9. The van der Waals surface area contributed by atoms with Gasteiger partial charge in [0.2, 0.25) is 10.0 Å². The molecule has 106 valence electrons. The van der Waals surface area contributed by atoms with Crippen LogP contribution >= 0.6 is 11.6 Å². The molecule has 1 aromatic rings. The summed E-state index contributed by atoms with van der Waals surface area (Å²) in [7, 11) is -1.63. The molecule has 0 unspecified atom stereocenters. The number of hydrogen-bond donors (Lipinski definition) is 0. The van der Waals surface area contributed by atoms with E-state index in [0.717, 1.165) is 12.8 Å². The Hall–Kier alpha value is -0.620. The third kappa shape index (κ3) is 3.69. The Morgan fingerprint density at radius 1 is 1.32 bits per heavy atom. The largest absolute Gasteiger partial charge is 0.381 e. The van der Waals surface area contributed by atoms with Gasteiger partial charge in [-0.2, -0.15) is 0 Å².